The molecule has 3 nitrogen and oxygen atoms in total. The molecule has 1 aromatic carbocycles. The fraction of sp³-hybridized carbons (Fsp3) is 0.533. The molecule has 0 spiro atoms. The first-order chi connectivity index (χ1) is 8.21. The van der Waals surface area contributed by atoms with Crippen LogP contribution in [0, 0.1) is 18.3 Å². The highest BCUT2D eigenvalue weighted by Crippen LogP contribution is 2.24. The molecule has 0 bridgehead atoms. The number of carbonyl (C=O) groups is 1. The van der Waals surface area contributed by atoms with Crippen LogP contribution < -0.4 is 5.32 Å². The third kappa shape index (κ3) is 3.76. The van der Waals surface area contributed by atoms with Crippen molar-refractivity contribution in [1.82, 2.24) is 5.32 Å². The summed E-state index contributed by atoms with van der Waals surface area (Å²) in [6, 6.07) is 5.04. The SMILES string of the molecule is Cc1ccc(O)c(C(=O)NCC(C)C(C)(C)C)c1. The molecule has 0 saturated heterocycles. The molecule has 0 aliphatic rings. The van der Waals surface area contributed by atoms with Crippen LogP contribution in [0.2, 0.25) is 0 Å². The highest BCUT2D eigenvalue weighted by Gasteiger charge is 2.21. The molecule has 0 aliphatic heterocycles. The van der Waals surface area contributed by atoms with Crippen LogP contribution in [0.3, 0.4) is 0 Å². The lowest BCUT2D eigenvalue weighted by molar-refractivity contribution is 0.0934. The summed E-state index contributed by atoms with van der Waals surface area (Å²) in [7, 11) is 0. The average molecular weight is 249 g/mol. The van der Waals surface area contributed by atoms with Crippen LogP contribution >= 0.6 is 0 Å². The number of aromatic hydroxyl groups is 1. The zero-order chi connectivity index (χ0) is 13.9. The standard InChI is InChI=1S/C15H23NO2/c1-10-6-7-13(17)12(8-10)14(18)16-9-11(2)15(3,4)5/h6-8,11,17H,9H2,1-5H3,(H,16,18). The second-order valence-corrected chi connectivity index (χ2v) is 6.00. The number of nitrogens with one attached hydrogen (secondary N) is 1. The Labute approximate surface area is 109 Å². The number of phenols is 1. The molecule has 2 N–H and O–H groups in total. The number of aryl methyl sites for hydroxylation is 1. The minimum absolute atomic E-state index is 0.0292. The van der Waals surface area contributed by atoms with Gasteiger partial charge in [-0.25, -0.2) is 0 Å². The average Bonchev–Trinajstić information content (AvgIpc) is 2.27. The highest BCUT2D eigenvalue weighted by atomic mass is 16.3. The Morgan fingerprint density at radius 1 is 1.39 bits per heavy atom. The van der Waals surface area contributed by atoms with E-state index in [1.807, 2.05) is 6.92 Å². The minimum Gasteiger partial charge on any atom is -0.507 e. The van der Waals surface area contributed by atoms with E-state index >= 15 is 0 Å². The van der Waals surface area contributed by atoms with E-state index in [4.69, 9.17) is 0 Å². The number of amides is 1. The van der Waals surface area contributed by atoms with Crippen LogP contribution in [0.1, 0.15) is 43.6 Å². The quantitative estimate of drug-likeness (QED) is 0.864. The van der Waals surface area contributed by atoms with Crippen molar-refractivity contribution < 1.29 is 9.90 Å². The maximum atomic E-state index is 12.0. The third-order valence-electron chi connectivity index (χ3n) is 3.44. The molecule has 0 fully saturated rings. The summed E-state index contributed by atoms with van der Waals surface area (Å²) in [6.07, 6.45) is 0. The molecule has 1 amide bonds. The van der Waals surface area contributed by atoms with E-state index in [0.29, 0.717) is 18.0 Å². The van der Waals surface area contributed by atoms with E-state index < -0.39 is 0 Å². The molecule has 1 rings (SSSR count). The molecular formula is C15H23NO2. The Kier molecular flexibility index (Phi) is 4.38. The molecule has 1 atom stereocenters. The van der Waals surface area contributed by atoms with Gasteiger partial charge >= 0.3 is 0 Å². The molecule has 18 heavy (non-hydrogen) atoms. The van der Waals surface area contributed by atoms with Crippen molar-refractivity contribution in [2.45, 2.75) is 34.6 Å². The molecule has 0 radical (unpaired) electrons. The molecule has 0 aliphatic carbocycles. The maximum absolute atomic E-state index is 12.0. The van der Waals surface area contributed by atoms with Crippen molar-refractivity contribution in [2.75, 3.05) is 6.54 Å². The Hall–Kier alpha value is -1.51. The van der Waals surface area contributed by atoms with Gasteiger partial charge in [0, 0.05) is 6.54 Å². The van der Waals surface area contributed by atoms with Crippen molar-refractivity contribution in [3.05, 3.63) is 29.3 Å². The van der Waals surface area contributed by atoms with E-state index in [2.05, 4.69) is 33.0 Å². The monoisotopic (exact) mass is 249 g/mol. The van der Waals surface area contributed by atoms with Gasteiger partial charge < -0.3 is 10.4 Å². The van der Waals surface area contributed by atoms with E-state index in [1.54, 1.807) is 18.2 Å². The van der Waals surface area contributed by atoms with E-state index in [9.17, 15) is 9.90 Å². The van der Waals surface area contributed by atoms with Crippen molar-refractivity contribution in [1.29, 1.82) is 0 Å². The summed E-state index contributed by atoms with van der Waals surface area (Å²) in [6.45, 7) is 11.1. The lowest BCUT2D eigenvalue weighted by Gasteiger charge is -2.27. The Morgan fingerprint density at radius 3 is 2.56 bits per heavy atom. The predicted octanol–water partition coefficient (Wildman–Crippen LogP) is 3.11. The Balaban J connectivity index is 2.69. The summed E-state index contributed by atoms with van der Waals surface area (Å²) >= 11 is 0. The highest BCUT2D eigenvalue weighted by molar-refractivity contribution is 5.96. The summed E-state index contributed by atoms with van der Waals surface area (Å²) in [5.74, 6) is 0.183. The topological polar surface area (TPSA) is 49.3 Å². The number of hydrogen-bond acceptors (Lipinski definition) is 2. The molecule has 0 aromatic heterocycles. The minimum atomic E-state index is -0.215. The fourth-order valence-electron chi connectivity index (χ4n) is 1.48. The van der Waals surface area contributed by atoms with Crippen LogP contribution in [0.4, 0.5) is 0 Å². The lowest BCUT2D eigenvalue weighted by Crippen LogP contribution is -2.33. The van der Waals surface area contributed by atoms with Gasteiger partial charge in [0.15, 0.2) is 0 Å². The van der Waals surface area contributed by atoms with Crippen molar-refractivity contribution >= 4 is 5.91 Å². The molecule has 100 valence electrons. The molecule has 1 aromatic rings. The van der Waals surface area contributed by atoms with Crippen molar-refractivity contribution in [2.24, 2.45) is 11.3 Å². The van der Waals surface area contributed by atoms with E-state index in [0.717, 1.165) is 5.56 Å². The Morgan fingerprint density at radius 2 is 2.00 bits per heavy atom. The van der Waals surface area contributed by atoms with Crippen LogP contribution in [-0.4, -0.2) is 17.6 Å². The van der Waals surface area contributed by atoms with E-state index in [-0.39, 0.29) is 17.1 Å². The normalized spacial score (nSPS) is 13.2. The largest absolute Gasteiger partial charge is 0.507 e. The third-order valence-corrected chi connectivity index (χ3v) is 3.44. The van der Waals surface area contributed by atoms with Gasteiger partial charge in [-0.2, -0.15) is 0 Å². The maximum Gasteiger partial charge on any atom is 0.255 e. The fourth-order valence-corrected chi connectivity index (χ4v) is 1.48. The number of rotatable bonds is 3. The van der Waals surface area contributed by atoms with Gasteiger partial charge in [-0.15, -0.1) is 0 Å². The number of hydrogen-bond donors (Lipinski definition) is 2. The van der Waals surface area contributed by atoms with Crippen LogP contribution in [-0.2, 0) is 0 Å². The van der Waals surface area contributed by atoms with Gasteiger partial charge in [0.1, 0.15) is 5.75 Å². The second-order valence-electron chi connectivity index (χ2n) is 6.00. The predicted molar refractivity (Wildman–Crippen MR) is 73.8 cm³/mol. The number of phenolic OH excluding ortho intramolecular Hbond substituents is 1. The van der Waals surface area contributed by atoms with Gasteiger partial charge in [0.25, 0.3) is 5.91 Å². The zero-order valence-electron chi connectivity index (χ0n) is 11.9. The molecule has 1 unspecified atom stereocenters. The van der Waals surface area contributed by atoms with Gasteiger partial charge in [0.2, 0.25) is 0 Å². The van der Waals surface area contributed by atoms with Crippen molar-refractivity contribution in [3.8, 4) is 5.75 Å². The molecular weight excluding hydrogens is 226 g/mol. The van der Waals surface area contributed by atoms with Gasteiger partial charge in [-0.05, 0) is 30.4 Å². The summed E-state index contributed by atoms with van der Waals surface area (Å²) < 4.78 is 0. The van der Waals surface area contributed by atoms with Gasteiger partial charge in [-0.3, -0.25) is 4.79 Å². The summed E-state index contributed by atoms with van der Waals surface area (Å²) in [4.78, 5) is 12.0. The number of benzene rings is 1. The molecule has 0 heterocycles. The van der Waals surface area contributed by atoms with E-state index in [1.165, 1.54) is 0 Å². The van der Waals surface area contributed by atoms with Crippen LogP contribution in [0.5, 0.6) is 5.75 Å². The smallest absolute Gasteiger partial charge is 0.255 e. The molecule has 3 heteroatoms. The first kappa shape index (κ1) is 14.6. The first-order valence-corrected chi connectivity index (χ1v) is 6.29. The second kappa shape index (κ2) is 5.42. The first-order valence-electron chi connectivity index (χ1n) is 6.29. The Bertz CT molecular complexity index is 433. The summed E-state index contributed by atoms with van der Waals surface area (Å²) in [5.41, 5.74) is 1.46. The van der Waals surface area contributed by atoms with Gasteiger partial charge in [0.05, 0.1) is 5.56 Å². The lowest BCUT2D eigenvalue weighted by atomic mass is 9.82. The van der Waals surface area contributed by atoms with Crippen LogP contribution in [0.25, 0.3) is 0 Å². The van der Waals surface area contributed by atoms with Crippen LogP contribution in [0.15, 0.2) is 18.2 Å². The number of carbonyl (C=O) groups excluding carboxylic acids is 1. The van der Waals surface area contributed by atoms with Gasteiger partial charge in [-0.1, -0.05) is 39.3 Å². The molecule has 0 saturated carbocycles. The summed E-state index contributed by atoms with van der Waals surface area (Å²) in [5, 5.41) is 12.5. The van der Waals surface area contributed by atoms with Crippen molar-refractivity contribution in [3.63, 3.8) is 0 Å². The zero-order valence-corrected chi connectivity index (χ0v) is 11.9.